The van der Waals surface area contributed by atoms with Gasteiger partial charge in [0, 0.05) is 0 Å². The zero-order valence-electron chi connectivity index (χ0n) is 15.5. The molecule has 0 spiro atoms. The molecule has 2 aromatic heterocycles. The smallest absolute Gasteiger partial charge is 0.262 e. The lowest BCUT2D eigenvalue weighted by Gasteiger charge is -2.21. The molecule has 3 rings (SSSR count). The van der Waals surface area contributed by atoms with Gasteiger partial charge in [-0.25, -0.2) is 4.98 Å². The molecule has 0 saturated carbocycles. The monoisotopic (exact) mass is 372 g/mol. The number of aryl methyl sites for hydroxylation is 1. The fourth-order valence-electron chi connectivity index (χ4n) is 2.77. The van der Waals surface area contributed by atoms with E-state index in [1.165, 1.54) is 27.8 Å². The van der Waals surface area contributed by atoms with Gasteiger partial charge in [0.1, 0.15) is 23.3 Å². The van der Waals surface area contributed by atoms with Crippen molar-refractivity contribution in [1.29, 1.82) is 0 Å². The van der Waals surface area contributed by atoms with Gasteiger partial charge in [0.15, 0.2) is 0 Å². The van der Waals surface area contributed by atoms with Crippen LogP contribution in [0.5, 0.6) is 5.75 Å². The first-order chi connectivity index (χ1) is 12.3. The van der Waals surface area contributed by atoms with Crippen molar-refractivity contribution in [2.45, 2.75) is 45.8 Å². The third-order valence-corrected chi connectivity index (χ3v) is 5.15. The second-order valence-electron chi connectivity index (χ2n) is 7.54. The molecule has 0 radical (unpaired) electrons. The van der Waals surface area contributed by atoms with Gasteiger partial charge < -0.3 is 9.84 Å². The van der Waals surface area contributed by atoms with Crippen LogP contribution in [-0.2, 0) is 12.0 Å². The number of hydrogen-bond donors (Lipinski definition) is 1. The largest absolute Gasteiger partial charge is 0.491 e. The molecule has 0 bridgehead atoms. The van der Waals surface area contributed by atoms with Gasteiger partial charge in [0.05, 0.1) is 18.3 Å². The van der Waals surface area contributed by atoms with Crippen LogP contribution in [0.1, 0.15) is 31.9 Å². The average molecular weight is 372 g/mol. The highest BCUT2D eigenvalue weighted by Gasteiger charge is 2.16. The lowest BCUT2D eigenvalue weighted by Crippen LogP contribution is -2.30. The van der Waals surface area contributed by atoms with Crippen LogP contribution in [0.25, 0.3) is 10.2 Å². The highest BCUT2D eigenvalue weighted by Crippen LogP contribution is 2.27. The molecule has 0 aliphatic carbocycles. The van der Waals surface area contributed by atoms with E-state index in [1.807, 2.05) is 24.4 Å². The number of fused-ring (bicyclic) bond motifs is 1. The van der Waals surface area contributed by atoms with Crippen LogP contribution in [0.15, 0.2) is 40.8 Å². The van der Waals surface area contributed by atoms with Crippen molar-refractivity contribution in [3.8, 4) is 5.75 Å². The lowest BCUT2D eigenvalue weighted by molar-refractivity contribution is 0.0911. The highest BCUT2D eigenvalue weighted by molar-refractivity contribution is 7.16. The molecule has 1 N–H and O–H groups in total. The summed E-state index contributed by atoms with van der Waals surface area (Å²) in [4.78, 5) is 17.3. The van der Waals surface area contributed by atoms with Crippen LogP contribution in [0.4, 0.5) is 0 Å². The first-order valence-electron chi connectivity index (χ1n) is 8.60. The van der Waals surface area contributed by atoms with E-state index in [4.69, 9.17) is 4.74 Å². The maximum atomic E-state index is 12.4. The van der Waals surface area contributed by atoms with Crippen LogP contribution in [-0.4, -0.2) is 27.4 Å². The summed E-state index contributed by atoms with van der Waals surface area (Å²) in [7, 11) is 0. The average Bonchev–Trinajstić information content (AvgIpc) is 3.05. The fourth-order valence-corrected chi connectivity index (χ4v) is 3.49. The van der Waals surface area contributed by atoms with Gasteiger partial charge in [0.25, 0.3) is 5.56 Å². The number of hydrogen-bond acceptors (Lipinski definition) is 5. The van der Waals surface area contributed by atoms with E-state index >= 15 is 0 Å². The summed E-state index contributed by atoms with van der Waals surface area (Å²) in [6.07, 6.45) is 0.681. The normalized spacial score (nSPS) is 13.1. The molecule has 0 aliphatic heterocycles. The quantitative estimate of drug-likeness (QED) is 0.744. The van der Waals surface area contributed by atoms with Gasteiger partial charge in [-0.15, -0.1) is 11.3 Å². The van der Waals surface area contributed by atoms with Crippen LogP contribution < -0.4 is 10.3 Å². The molecule has 0 fully saturated rings. The minimum atomic E-state index is -0.799. The molecule has 0 amide bonds. The zero-order chi connectivity index (χ0) is 18.9. The number of benzene rings is 1. The molecule has 5 nitrogen and oxygen atoms in total. The molecular formula is C20H24N2O3S. The minimum absolute atomic E-state index is 0.0806. The molecular weight excluding hydrogens is 348 g/mol. The Labute approximate surface area is 156 Å². The summed E-state index contributed by atoms with van der Waals surface area (Å²) in [5.74, 6) is 0.746. The standard InChI is InChI=1S/C20H24N2O3S/c1-13-9-14(20(2,3)4)5-6-17(13)25-11-15(23)10-22-12-21-18-16(19(22)24)7-8-26-18/h5-9,12,15,23H,10-11H2,1-4H3/t15-/m1/s1. The van der Waals surface area contributed by atoms with Crippen molar-refractivity contribution in [3.05, 3.63) is 57.5 Å². The third-order valence-electron chi connectivity index (χ3n) is 4.33. The van der Waals surface area contributed by atoms with E-state index in [0.717, 1.165) is 11.3 Å². The second-order valence-corrected chi connectivity index (χ2v) is 8.43. The Morgan fingerprint density at radius 2 is 2.08 bits per heavy atom. The first-order valence-corrected chi connectivity index (χ1v) is 9.48. The van der Waals surface area contributed by atoms with Gasteiger partial charge in [-0.2, -0.15) is 0 Å². The van der Waals surface area contributed by atoms with Gasteiger partial charge in [-0.1, -0.05) is 32.9 Å². The van der Waals surface area contributed by atoms with E-state index in [-0.39, 0.29) is 24.1 Å². The molecule has 2 heterocycles. The predicted molar refractivity (Wildman–Crippen MR) is 105 cm³/mol. The van der Waals surface area contributed by atoms with Crippen molar-refractivity contribution < 1.29 is 9.84 Å². The predicted octanol–water partition coefficient (Wildman–Crippen LogP) is 3.50. The van der Waals surface area contributed by atoms with E-state index in [0.29, 0.717) is 10.2 Å². The van der Waals surface area contributed by atoms with Crippen molar-refractivity contribution in [2.75, 3.05) is 6.61 Å². The zero-order valence-corrected chi connectivity index (χ0v) is 16.3. The van der Waals surface area contributed by atoms with Crippen molar-refractivity contribution in [2.24, 2.45) is 0 Å². The Bertz CT molecular complexity index is 969. The minimum Gasteiger partial charge on any atom is -0.491 e. The maximum absolute atomic E-state index is 12.4. The second kappa shape index (κ2) is 7.21. The number of aliphatic hydroxyl groups excluding tert-OH is 1. The number of ether oxygens (including phenoxy) is 1. The molecule has 0 unspecified atom stereocenters. The molecule has 0 saturated heterocycles. The van der Waals surface area contributed by atoms with Gasteiger partial charge >= 0.3 is 0 Å². The Balaban J connectivity index is 1.66. The molecule has 26 heavy (non-hydrogen) atoms. The van der Waals surface area contributed by atoms with E-state index in [1.54, 1.807) is 6.07 Å². The SMILES string of the molecule is Cc1cc(C(C)(C)C)ccc1OC[C@H](O)Cn1cnc2sccc2c1=O. The number of nitrogens with zero attached hydrogens (tertiary/aromatic N) is 2. The van der Waals surface area contributed by atoms with E-state index in [9.17, 15) is 9.90 Å². The van der Waals surface area contributed by atoms with Crippen molar-refractivity contribution in [1.82, 2.24) is 9.55 Å². The molecule has 1 atom stereocenters. The number of aromatic nitrogens is 2. The van der Waals surface area contributed by atoms with Crippen LogP contribution in [0.2, 0.25) is 0 Å². The third kappa shape index (κ3) is 3.97. The summed E-state index contributed by atoms with van der Waals surface area (Å²) in [6, 6.07) is 7.86. The summed E-state index contributed by atoms with van der Waals surface area (Å²) in [5, 5.41) is 12.7. The molecule has 6 heteroatoms. The van der Waals surface area contributed by atoms with Crippen LogP contribution in [0.3, 0.4) is 0 Å². The van der Waals surface area contributed by atoms with Crippen LogP contribution >= 0.6 is 11.3 Å². The summed E-state index contributed by atoms with van der Waals surface area (Å²) in [6.45, 7) is 8.77. The topological polar surface area (TPSA) is 64.3 Å². The van der Waals surface area contributed by atoms with E-state index in [2.05, 4.69) is 31.8 Å². The summed E-state index contributed by atoms with van der Waals surface area (Å²) in [5.41, 5.74) is 2.21. The van der Waals surface area contributed by atoms with Gasteiger partial charge in [-0.3, -0.25) is 9.36 Å². The fraction of sp³-hybridized carbons (Fsp3) is 0.400. The van der Waals surface area contributed by atoms with Crippen LogP contribution in [0, 0.1) is 6.92 Å². The summed E-state index contributed by atoms with van der Waals surface area (Å²) < 4.78 is 7.20. The van der Waals surface area contributed by atoms with Crippen molar-refractivity contribution >= 4 is 21.6 Å². The molecule has 1 aromatic carbocycles. The van der Waals surface area contributed by atoms with Gasteiger partial charge in [0.2, 0.25) is 0 Å². The van der Waals surface area contributed by atoms with Crippen molar-refractivity contribution in [3.63, 3.8) is 0 Å². The Kier molecular flexibility index (Phi) is 5.16. The number of thiophene rings is 1. The molecule has 3 aromatic rings. The Morgan fingerprint density at radius 1 is 1.31 bits per heavy atom. The number of aliphatic hydroxyl groups is 1. The van der Waals surface area contributed by atoms with Gasteiger partial charge in [-0.05, 0) is 41.0 Å². The maximum Gasteiger partial charge on any atom is 0.262 e. The molecule has 138 valence electrons. The number of rotatable bonds is 5. The van der Waals surface area contributed by atoms with E-state index < -0.39 is 6.10 Å². The molecule has 0 aliphatic rings. The Hall–Kier alpha value is -2.18. The summed E-state index contributed by atoms with van der Waals surface area (Å²) >= 11 is 1.43. The highest BCUT2D eigenvalue weighted by atomic mass is 32.1. The Morgan fingerprint density at radius 3 is 2.77 bits per heavy atom. The first kappa shape index (κ1) is 18.6. The lowest BCUT2D eigenvalue weighted by atomic mass is 9.86.